The van der Waals surface area contributed by atoms with Crippen molar-refractivity contribution < 1.29 is 9.59 Å². The Hall–Kier alpha value is -1.30. The maximum Gasteiger partial charge on any atom is 0.317 e. The highest BCUT2D eigenvalue weighted by Crippen LogP contribution is 2.09. The van der Waals surface area contributed by atoms with Crippen LogP contribution in [0.3, 0.4) is 0 Å². The second kappa shape index (κ2) is 6.58. The van der Waals surface area contributed by atoms with Crippen LogP contribution >= 0.6 is 0 Å². The van der Waals surface area contributed by atoms with Gasteiger partial charge in [-0.3, -0.25) is 9.69 Å². The molecular weight excluding hydrogens is 232 g/mol. The molecule has 1 rings (SSSR count). The van der Waals surface area contributed by atoms with Gasteiger partial charge in [-0.05, 0) is 20.3 Å². The highest BCUT2D eigenvalue weighted by Gasteiger charge is 2.27. The molecular formula is C12H24N4O2. The predicted molar refractivity (Wildman–Crippen MR) is 70.1 cm³/mol. The molecule has 1 aliphatic heterocycles. The lowest BCUT2D eigenvalue weighted by Gasteiger charge is -2.38. The van der Waals surface area contributed by atoms with Gasteiger partial charge in [0.05, 0.1) is 6.04 Å². The quantitative estimate of drug-likeness (QED) is 0.742. The summed E-state index contributed by atoms with van der Waals surface area (Å²) in [6, 6.07) is -0.0957. The Labute approximate surface area is 108 Å². The number of rotatable bonds is 4. The number of hydrogen-bond acceptors (Lipinski definition) is 3. The van der Waals surface area contributed by atoms with E-state index in [0.29, 0.717) is 32.6 Å². The standard InChI is InChI=1S/C12H24N4O2/c1-4-10(11(13)17)15-5-7-16(8-6-15)12(18)14-9(2)3/h9-10H,4-8H2,1-3H3,(H2,13,17)(H,14,18)/t10-/m0/s1. The smallest absolute Gasteiger partial charge is 0.317 e. The van der Waals surface area contributed by atoms with E-state index in [1.807, 2.05) is 20.8 Å². The van der Waals surface area contributed by atoms with Gasteiger partial charge in [0.1, 0.15) is 0 Å². The number of urea groups is 1. The second-order valence-corrected chi connectivity index (χ2v) is 4.95. The molecule has 1 atom stereocenters. The molecule has 0 aromatic heterocycles. The summed E-state index contributed by atoms with van der Waals surface area (Å²) in [4.78, 5) is 26.9. The third kappa shape index (κ3) is 3.87. The highest BCUT2D eigenvalue weighted by molar-refractivity contribution is 5.80. The van der Waals surface area contributed by atoms with Crippen molar-refractivity contribution in [2.75, 3.05) is 26.2 Å². The normalized spacial score (nSPS) is 18.8. The van der Waals surface area contributed by atoms with Gasteiger partial charge in [0.25, 0.3) is 0 Å². The van der Waals surface area contributed by atoms with Gasteiger partial charge in [-0.1, -0.05) is 6.92 Å². The zero-order valence-corrected chi connectivity index (χ0v) is 11.5. The number of primary amides is 1. The third-order valence-corrected chi connectivity index (χ3v) is 3.17. The second-order valence-electron chi connectivity index (χ2n) is 4.95. The third-order valence-electron chi connectivity index (χ3n) is 3.17. The first-order valence-corrected chi connectivity index (χ1v) is 6.54. The van der Waals surface area contributed by atoms with Crippen molar-refractivity contribution >= 4 is 11.9 Å². The van der Waals surface area contributed by atoms with Crippen LogP contribution in [0.1, 0.15) is 27.2 Å². The fourth-order valence-electron chi connectivity index (χ4n) is 2.21. The zero-order chi connectivity index (χ0) is 13.7. The summed E-state index contributed by atoms with van der Waals surface area (Å²) in [5, 5.41) is 2.87. The van der Waals surface area contributed by atoms with E-state index in [2.05, 4.69) is 10.2 Å². The van der Waals surface area contributed by atoms with Gasteiger partial charge in [-0.15, -0.1) is 0 Å². The summed E-state index contributed by atoms with van der Waals surface area (Å²) in [6.07, 6.45) is 0.716. The molecule has 6 heteroatoms. The Morgan fingerprint density at radius 3 is 2.17 bits per heavy atom. The fourth-order valence-corrected chi connectivity index (χ4v) is 2.21. The minimum absolute atomic E-state index is 0.0308. The number of nitrogens with zero attached hydrogens (tertiary/aromatic N) is 2. The first kappa shape index (κ1) is 14.8. The lowest BCUT2D eigenvalue weighted by atomic mass is 10.1. The number of carbonyl (C=O) groups is 2. The van der Waals surface area contributed by atoms with Crippen LogP contribution < -0.4 is 11.1 Å². The Morgan fingerprint density at radius 1 is 1.22 bits per heavy atom. The number of hydrogen-bond donors (Lipinski definition) is 2. The van der Waals surface area contributed by atoms with Gasteiger partial charge in [-0.25, -0.2) is 4.79 Å². The molecule has 3 amide bonds. The van der Waals surface area contributed by atoms with E-state index in [-0.39, 0.29) is 24.0 Å². The molecule has 0 bridgehead atoms. The number of carbonyl (C=O) groups excluding carboxylic acids is 2. The first-order valence-electron chi connectivity index (χ1n) is 6.54. The van der Waals surface area contributed by atoms with Crippen LogP contribution in [0, 0.1) is 0 Å². The molecule has 18 heavy (non-hydrogen) atoms. The topological polar surface area (TPSA) is 78.7 Å². The molecule has 1 heterocycles. The molecule has 0 aliphatic carbocycles. The summed E-state index contributed by atoms with van der Waals surface area (Å²) in [5.41, 5.74) is 5.36. The molecule has 1 aliphatic rings. The Bertz CT molecular complexity index is 298. The average molecular weight is 256 g/mol. The van der Waals surface area contributed by atoms with E-state index in [9.17, 15) is 9.59 Å². The molecule has 0 aromatic carbocycles. The van der Waals surface area contributed by atoms with Crippen molar-refractivity contribution in [2.24, 2.45) is 5.73 Å². The molecule has 6 nitrogen and oxygen atoms in total. The van der Waals surface area contributed by atoms with Gasteiger partial charge in [0, 0.05) is 32.2 Å². The number of nitrogens with one attached hydrogen (secondary N) is 1. The van der Waals surface area contributed by atoms with E-state index >= 15 is 0 Å². The van der Waals surface area contributed by atoms with Crippen molar-refractivity contribution in [3.05, 3.63) is 0 Å². The Morgan fingerprint density at radius 2 is 1.78 bits per heavy atom. The van der Waals surface area contributed by atoms with E-state index in [0.717, 1.165) is 0 Å². The van der Waals surface area contributed by atoms with Crippen LogP contribution in [-0.2, 0) is 4.79 Å². The molecule has 3 N–H and O–H groups in total. The first-order chi connectivity index (χ1) is 8.45. The molecule has 104 valence electrons. The van der Waals surface area contributed by atoms with Crippen LogP contribution in [-0.4, -0.2) is 60.0 Å². The van der Waals surface area contributed by atoms with E-state index in [4.69, 9.17) is 5.73 Å². The van der Waals surface area contributed by atoms with Gasteiger partial charge >= 0.3 is 6.03 Å². The molecule has 0 spiro atoms. The summed E-state index contributed by atoms with van der Waals surface area (Å²) in [6.45, 7) is 8.51. The summed E-state index contributed by atoms with van der Waals surface area (Å²) < 4.78 is 0. The van der Waals surface area contributed by atoms with Crippen molar-refractivity contribution in [1.29, 1.82) is 0 Å². The lowest BCUT2D eigenvalue weighted by molar-refractivity contribution is -0.123. The largest absolute Gasteiger partial charge is 0.368 e. The number of nitrogens with two attached hydrogens (primary N) is 1. The molecule has 1 saturated heterocycles. The summed E-state index contributed by atoms with van der Waals surface area (Å²) in [5.74, 6) is -0.280. The van der Waals surface area contributed by atoms with Crippen LogP contribution in [0.25, 0.3) is 0 Å². The highest BCUT2D eigenvalue weighted by atomic mass is 16.2. The Kier molecular flexibility index (Phi) is 5.40. The SMILES string of the molecule is CC[C@@H](C(N)=O)N1CCN(C(=O)NC(C)C)CC1. The summed E-state index contributed by atoms with van der Waals surface area (Å²) >= 11 is 0. The van der Waals surface area contributed by atoms with Crippen LogP contribution in [0.5, 0.6) is 0 Å². The maximum absolute atomic E-state index is 11.8. The fraction of sp³-hybridized carbons (Fsp3) is 0.833. The van der Waals surface area contributed by atoms with Crippen molar-refractivity contribution in [3.63, 3.8) is 0 Å². The summed E-state index contributed by atoms with van der Waals surface area (Å²) in [7, 11) is 0. The molecule has 0 radical (unpaired) electrons. The average Bonchev–Trinajstić information content (AvgIpc) is 2.29. The van der Waals surface area contributed by atoms with Crippen molar-refractivity contribution in [3.8, 4) is 0 Å². The Balaban J connectivity index is 2.45. The van der Waals surface area contributed by atoms with E-state index in [1.165, 1.54) is 0 Å². The maximum atomic E-state index is 11.8. The number of piperazine rings is 1. The van der Waals surface area contributed by atoms with Gasteiger partial charge in [0.15, 0.2) is 0 Å². The van der Waals surface area contributed by atoms with Crippen LogP contribution in [0.15, 0.2) is 0 Å². The van der Waals surface area contributed by atoms with Crippen molar-refractivity contribution in [1.82, 2.24) is 15.1 Å². The predicted octanol–water partition coefficient (Wildman–Crippen LogP) is -0.0141. The van der Waals surface area contributed by atoms with Gasteiger partial charge < -0.3 is 16.0 Å². The van der Waals surface area contributed by atoms with Gasteiger partial charge in [-0.2, -0.15) is 0 Å². The van der Waals surface area contributed by atoms with E-state index < -0.39 is 0 Å². The van der Waals surface area contributed by atoms with Crippen molar-refractivity contribution in [2.45, 2.75) is 39.3 Å². The molecule has 0 aromatic rings. The van der Waals surface area contributed by atoms with Gasteiger partial charge in [0.2, 0.25) is 5.91 Å². The van der Waals surface area contributed by atoms with Crippen LogP contribution in [0.2, 0.25) is 0 Å². The van der Waals surface area contributed by atoms with E-state index in [1.54, 1.807) is 4.90 Å². The number of amides is 3. The zero-order valence-electron chi connectivity index (χ0n) is 11.5. The molecule has 0 unspecified atom stereocenters. The lowest BCUT2D eigenvalue weighted by Crippen LogP contribution is -2.57. The monoisotopic (exact) mass is 256 g/mol. The molecule has 1 fully saturated rings. The minimum atomic E-state index is -0.280. The minimum Gasteiger partial charge on any atom is -0.368 e. The molecule has 0 saturated carbocycles. The van der Waals surface area contributed by atoms with Crippen LogP contribution in [0.4, 0.5) is 4.79 Å².